The molecular weight excluding hydrogens is 302 g/mol. The van der Waals surface area contributed by atoms with E-state index in [-0.39, 0.29) is 12.0 Å². The first-order valence-electron chi connectivity index (χ1n) is 7.01. The second kappa shape index (κ2) is 5.47. The molecule has 3 heterocycles. The number of fused-ring (bicyclic) bond motifs is 1. The maximum Gasteiger partial charge on any atom is 0.278 e. The number of carbonyl (C=O) groups excluding carboxylic acids is 1. The molecule has 1 amide bonds. The van der Waals surface area contributed by atoms with Gasteiger partial charge in [0.1, 0.15) is 11.1 Å². The minimum absolute atomic E-state index is 0.00867. The van der Waals surface area contributed by atoms with Crippen molar-refractivity contribution in [1.29, 1.82) is 0 Å². The van der Waals surface area contributed by atoms with E-state index in [4.69, 9.17) is 4.74 Å². The average molecular weight is 315 g/mol. The molecule has 22 heavy (non-hydrogen) atoms. The lowest BCUT2D eigenvalue weighted by atomic mass is 10.2. The van der Waals surface area contributed by atoms with Crippen LogP contribution in [-0.4, -0.2) is 32.9 Å². The summed E-state index contributed by atoms with van der Waals surface area (Å²) in [6, 6.07) is 7.49. The van der Waals surface area contributed by atoms with Gasteiger partial charge in [-0.1, -0.05) is 29.5 Å². The molecule has 1 aromatic carbocycles. The molecule has 0 bridgehead atoms. The van der Waals surface area contributed by atoms with Gasteiger partial charge in [0.15, 0.2) is 5.69 Å². The molecule has 1 aliphatic rings. The second-order valence-electron chi connectivity index (χ2n) is 5.02. The molecule has 3 aromatic rings. The van der Waals surface area contributed by atoms with Crippen LogP contribution in [0.25, 0.3) is 10.9 Å². The Hall–Kier alpha value is -2.32. The lowest BCUT2D eigenvalue weighted by Crippen LogP contribution is -2.12. The van der Waals surface area contributed by atoms with Crippen molar-refractivity contribution in [2.24, 2.45) is 0 Å². The zero-order chi connectivity index (χ0) is 14.9. The molecule has 0 aliphatic carbocycles. The number of benzene rings is 1. The van der Waals surface area contributed by atoms with Crippen molar-refractivity contribution in [3.8, 4) is 0 Å². The molecule has 2 N–H and O–H groups in total. The summed E-state index contributed by atoms with van der Waals surface area (Å²) in [7, 11) is 0. The Kier molecular flexibility index (Phi) is 3.32. The van der Waals surface area contributed by atoms with E-state index in [1.165, 1.54) is 11.3 Å². The van der Waals surface area contributed by atoms with E-state index in [1.54, 1.807) is 0 Å². The van der Waals surface area contributed by atoms with Gasteiger partial charge in [0, 0.05) is 12.0 Å². The highest BCUT2D eigenvalue weighted by Crippen LogP contribution is 2.32. The topological polar surface area (TPSA) is 92.8 Å². The second-order valence-corrected chi connectivity index (χ2v) is 6.03. The number of amides is 1. The van der Waals surface area contributed by atoms with E-state index in [0.29, 0.717) is 10.8 Å². The van der Waals surface area contributed by atoms with E-state index in [9.17, 15) is 4.79 Å². The lowest BCUT2D eigenvalue weighted by Gasteiger charge is -2.02. The molecule has 7 nitrogen and oxygen atoms in total. The predicted molar refractivity (Wildman–Crippen MR) is 81.9 cm³/mol. The van der Waals surface area contributed by atoms with Gasteiger partial charge in [-0.25, -0.2) is 0 Å². The van der Waals surface area contributed by atoms with Gasteiger partial charge in [-0.2, -0.15) is 5.10 Å². The summed E-state index contributed by atoms with van der Waals surface area (Å²) in [6.45, 7) is 0.755. The number of nitrogens with one attached hydrogen (secondary N) is 2. The molecular formula is C14H13N5O2S. The van der Waals surface area contributed by atoms with Crippen molar-refractivity contribution < 1.29 is 9.53 Å². The number of H-pyrrole nitrogens is 1. The molecule has 0 unspecified atom stereocenters. The van der Waals surface area contributed by atoms with Crippen molar-refractivity contribution in [2.45, 2.75) is 18.9 Å². The Labute approximate surface area is 129 Å². The molecule has 0 saturated carbocycles. The van der Waals surface area contributed by atoms with Crippen LogP contribution < -0.4 is 5.32 Å². The van der Waals surface area contributed by atoms with Gasteiger partial charge in [-0.3, -0.25) is 15.2 Å². The van der Waals surface area contributed by atoms with Crippen molar-refractivity contribution in [3.05, 3.63) is 35.0 Å². The van der Waals surface area contributed by atoms with Gasteiger partial charge in [0.05, 0.1) is 5.52 Å². The minimum atomic E-state index is -0.299. The summed E-state index contributed by atoms with van der Waals surface area (Å²) >= 11 is 1.34. The van der Waals surface area contributed by atoms with Crippen LogP contribution in [0.15, 0.2) is 24.3 Å². The summed E-state index contributed by atoms with van der Waals surface area (Å²) in [6.07, 6.45) is 1.99. The summed E-state index contributed by atoms with van der Waals surface area (Å²) in [5, 5.41) is 19.8. The predicted octanol–water partition coefficient (Wildman–Crippen LogP) is 2.52. The number of anilines is 1. The molecule has 4 rings (SSSR count). The molecule has 0 radical (unpaired) electrons. The number of para-hydroxylation sites is 1. The number of hydrogen-bond donors (Lipinski definition) is 2. The quantitative estimate of drug-likeness (QED) is 0.774. The third-order valence-corrected chi connectivity index (χ3v) is 4.48. The standard InChI is InChI=1S/C14H13N5O2S/c20-12(11-8-4-1-2-5-9(8)16-17-11)15-14-19-18-13(22-14)10-6-3-7-21-10/h1-2,4-5,10H,3,6-7H2,(H,16,17)(H,15,19,20)/t10-/m1/s1. The third-order valence-electron chi connectivity index (χ3n) is 3.55. The Balaban J connectivity index is 1.54. The fraction of sp³-hybridized carbons (Fsp3) is 0.286. The molecule has 1 aliphatic heterocycles. The summed E-state index contributed by atoms with van der Waals surface area (Å²) in [4.78, 5) is 12.3. The number of carbonyl (C=O) groups is 1. The van der Waals surface area contributed by atoms with Crippen LogP contribution in [0, 0.1) is 0 Å². The summed E-state index contributed by atoms with van der Waals surface area (Å²) in [5.41, 5.74) is 1.18. The van der Waals surface area contributed by atoms with Gasteiger partial charge in [0.25, 0.3) is 5.91 Å². The van der Waals surface area contributed by atoms with Gasteiger partial charge in [-0.15, -0.1) is 10.2 Å². The third kappa shape index (κ3) is 2.36. The van der Waals surface area contributed by atoms with Crippen LogP contribution in [0.5, 0.6) is 0 Å². The van der Waals surface area contributed by atoms with E-state index in [2.05, 4.69) is 25.7 Å². The van der Waals surface area contributed by atoms with Crippen LogP contribution in [0.2, 0.25) is 0 Å². The molecule has 1 atom stereocenters. The molecule has 0 spiro atoms. The van der Waals surface area contributed by atoms with E-state index in [1.807, 2.05) is 24.3 Å². The number of aromatic nitrogens is 4. The van der Waals surface area contributed by atoms with Gasteiger partial charge < -0.3 is 4.74 Å². The lowest BCUT2D eigenvalue weighted by molar-refractivity contribution is 0.102. The molecule has 112 valence electrons. The monoisotopic (exact) mass is 315 g/mol. The minimum Gasteiger partial charge on any atom is -0.371 e. The van der Waals surface area contributed by atoms with Crippen molar-refractivity contribution in [2.75, 3.05) is 11.9 Å². The van der Waals surface area contributed by atoms with Crippen LogP contribution in [-0.2, 0) is 4.74 Å². The van der Waals surface area contributed by atoms with Crippen molar-refractivity contribution in [3.63, 3.8) is 0 Å². The number of aromatic amines is 1. The summed E-state index contributed by atoms with van der Waals surface area (Å²) < 4.78 is 5.57. The first-order chi connectivity index (χ1) is 10.8. The van der Waals surface area contributed by atoms with Crippen LogP contribution in [0.4, 0.5) is 5.13 Å². The number of rotatable bonds is 3. The fourth-order valence-electron chi connectivity index (χ4n) is 2.48. The number of ether oxygens (including phenoxy) is 1. The maximum absolute atomic E-state index is 12.3. The SMILES string of the molecule is O=C(Nc1nnc([C@H]2CCCO2)s1)c1n[nH]c2ccccc12. The Morgan fingerprint density at radius 3 is 3.14 bits per heavy atom. The Morgan fingerprint density at radius 1 is 1.36 bits per heavy atom. The number of hydrogen-bond acceptors (Lipinski definition) is 6. The average Bonchev–Trinajstić information content (AvgIpc) is 3.27. The molecule has 2 aromatic heterocycles. The molecule has 1 fully saturated rings. The largest absolute Gasteiger partial charge is 0.371 e. The van der Waals surface area contributed by atoms with E-state index >= 15 is 0 Å². The Morgan fingerprint density at radius 2 is 2.27 bits per heavy atom. The highest BCUT2D eigenvalue weighted by Gasteiger charge is 2.23. The van der Waals surface area contributed by atoms with Crippen molar-refractivity contribution >= 4 is 33.3 Å². The van der Waals surface area contributed by atoms with Crippen molar-refractivity contribution in [1.82, 2.24) is 20.4 Å². The van der Waals surface area contributed by atoms with Gasteiger partial charge >= 0.3 is 0 Å². The van der Waals surface area contributed by atoms with Gasteiger partial charge in [0.2, 0.25) is 5.13 Å². The number of nitrogens with zero attached hydrogens (tertiary/aromatic N) is 3. The molecule has 1 saturated heterocycles. The normalized spacial score (nSPS) is 17.9. The zero-order valence-electron chi connectivity index (χ0n) is 11.6. The van der Waals surface area contributed by atoms with Crippen LogP contribution in [0.1, 0.15) is 34.4 Å². The highest BCUT2D eigenvalue weighted by molar-refractivity contribution is 7.15. The van der Waals surface area contributed by atoms with Gasteiger partial charge in [-0.05, 0) is 18.9 Å². The van der Waals surface area contributed by atoms with Crippen LogP contribution >= 0.6 is 11.3 Å². The molecule has 8 heteroatoms. The first kappa shape index (κ1) is 13.4. The zero-order valence-corrected chi connectivity index (χ0v) is 12.4. The fourth-order valence-corrected chi connectivity index (χ4v) is 3.30. The summed E-state index contributed by atoms with van der Waals surface area (Å²) in [5.74, 6) is -0.299. The smallest absolute Gasteiger partial charge is 0.278 e. The van der Waals surface area contributed by atoms with E-state index in [0.717, 1.165) is 35.4 Å². The maximum atomic E-state index is 12.3. The highest BCUT2D eigenvalue weighted by atomic mass is 32.1. The first-order valence-corrected chi connectivity index (χ1v) is 7.82. The van der Waals surface area contributed by atoms with E-state index < -0.39 is 0 Å². The Bertz CT molecular complexity index is 821. The van der Waals surface area contributed by atoms with Crippen LogP contribution in [0.3, 0.4) is 0 Å².